The molecule has 2 fully saturated rings. The van der Waals surface area contributed by atoms with E-state index < -0.39 is 0 Å². The number of urea groups is 1. The number of para-hydroxylation sites is 1. The molecule has 0 aliphatic carbocycles. The summed E-state index contributed by atoms with van der Waals surface area (Å²) in [4.78, 5) is 17.2. The van der Waals surface area contributed by atoms with E-state index >= 15 is 0 Å². The number of nitrogens with one attached hydrogen (secondary N) is 2. The molecular weight excluding hydrogens is 420 g/mol. The molecule has 33 heavy (non-hydrogen) atoms. The van der Waals surface area contributed by atoms with E-state index in [2.05, 4.69) is 26.5 Å². The van der Waals surface area contributed by atoms with Crippen LogP contribution in [0.5, 0.6) is 5.75 Å². The quantitative estimate of drug-likeness (QED) is 0.607. The van der Waals surface area contributed by atoms with E-state index in [0.717, 1.165) is 88.3 Å². The van der Waals surface area contributed by atoms with Crippen molar-refractivity contribution in [2.24, 2.45) is 0 Å². The van der Waals surface area contributed by atoms with Crippen LogP contribution in [0.25, 0.3) is 0 Å². The van der Waals surface area contributed by atoms with Crippen LogP contribution in [0.4, 0.5) is 10.5 Å². The fourth-order valence-corrected chi connectivity index (χ4v) is 3.99. The van der Waals surface area contributed by atoms with Gasteiger partial charge in [-0.05, 0) is 29.3 Å². The van der Waals surface area contributed by atoms with Gasteiger partial charge in [0.05, 0.1) is 26.4 Å². The Labute approximate surface area is 195 Å². The molecule has 0 bridgehead atoms. The first-order valence-electron chi connectivity index (χ1n) is 11.7. The molecule has 2 saturated heterocycles. The SMILES string of the molecule is O=C(NCc1cccc(OCCN2CCOCC2)c1)Nc1ccccc1CN1CCOCC1. The zero-order chi connectivity index (χ0) is 22.7. The molecule has 4 rings (SSSR count). The summed E-state index contributed by atoms with van der Waals surface area (Å²) in [7, 11) is 0. The lowest BCUT2D eigenvalue weighted by Crippen LogP contribution is -2.38. The summed E-state index contributed by atoms with van der Waals surface area (Å²) in [6, 6.07) is 15.6. The average Bonchev–Trinajstić information content (AvgIpc) is 2.86. The summed E-state index contributed by atoms with van der Waals surface area (Å²) < 4.78 is 16.7. The second-order valence-electron chi connectivity index (χ2n) is 8.30. The van der Waals surface area contributed by atoms with Gasteiger partial charge in [0, 0.05) is 51.5 Å². The molecule has 2 amide bonds. The molecule has 2 aromatic carbocycles. The molecule has 0 saturated carbocycles. The monoisotopic (exact) mass is 454 g/mol. The topological polar surface area (TPSA) is 75.3 Å². The van der Waals surface area contributed by atoms with E-state index in [1.807, 2.05) is 42.5 Å². The lowest BCUT2D eigenvalue weighted by Gasteiger charge is -2.27. The van der Waals surface area contributed by atoms with Crippen molar-refractivity contribution in [3.63, 3.8) is 0 Å². The van der Waals surface area contributed by atoms with Gasteiger partial charge >= 0.3 is 6.03 Å². The second-order valence-corrected chi connectivity index (χ2v) is 8.30. The Morgan fingerprint density at radius 3 is 2.42 bits per heavy atom. The molecular formula is C25H34N4O4. The van der Waals surface area contributed by atoms with Gasteiger partial charge in [0.25, 0.3) is 0 Å². The fourth-order valence-electron chi connectivity index (χ4n) is 3.99. The van der Waals surface area contributed by atoms with Crippen molar-refractivity contribution < 1.29 is 19.0 Å². The van der Waals surface area contributed by atoms with Gasteiger partial charge in [-0.15, -0.1) is 0 Å². The van der Waals surface area contributed by atoms with Crippen LogP contribution in [0, 0.1) is 0 Å². The highest BCUT2D eigenvalue weighted by Crippen LogP contribution is 2.18. The third kappa shape index (κ3) is 7.71. The Bertz CT molecular complexity index is 882. The molecule has 2 aromatic rings. The second kappa shape index (κ2) is 12.6. The Hall–Kier alpha value is -2.65. The van der Waals surface area contributed by atoms with Gasteiger partial charge in [-0.2, -0.15) is 0 Å². The number of ether oxygens (including phenoxy) is 3. The molecule has 8 nitrogen and oxygen atoms in total. The van der Waals surface area contributed by atoms with E-state index in [-0.39, 0.29) is 6.03 Å². The lowest BCUT2D eigenvalue weighted by atomic mass is 10.1. The van der Waals surface area contributed by atoms with Crippen LogP contribution in [0.3, 0.4) is 0 Å². The van der Waals surface area contributed by atoms with Crippen LogP contribution in [0.2, 0.25) is 0 Å². The summed E-state index contributed by atoms with van der Waals surface area (Å²) >= 11 is 0. The maximum atomic E-state index is 12.6. The Balaban J connectivity index is 1.23. The smallest absolute Gasteiger partial charge is 0.319 e. The minimum Gasteiger partial charge on any atom is -0.492 e. The van der Waals surface area contributed by atoms with Crippen molar-refractivity contribution in [2.75, 3.05) is 71.1 Å². The maximum Gasteiger partial charge on any atom is 0.319 e. The van der Waals surface area contributed by atoms with Crippen molar-refractivity contribution >= 4 is 11.7 Å². The summed E-state index contributed by atoms with van der Waals surface area (Å²) in [5.74, 6) is 0.818. The van der Waals surface area contributed by atoms with Crippen molar-refractivity contribution in [1.82, 2.24) is 15.1 Å². The van der Waals surface area contributed by atoms with E-state index in [1.54, 1.807) is 0 Å². The van der Waals surface area contributed by atoms with Crippen molar-refractivity contribution in [2.45, 2.75) is 13.1 Å². The van der Waals surface area contributed by atoms with Gasteiger partial charge in [0.2, 0.25) is 0 Å². The highest BCUT2D eigenvalue weighted by Gasteiger charge is 2.14. The van der Waals surface area contributed by atoms with Gasteiger partial charge in [-0.25, -0.2) is 4.79 Å². The largest absolute Gasteiger partial charge is 0.492 e. The molecule has 0 radical (unpaired) electrons. The molecule has 0 spiro atoms. The van der Waals surface area contributed by atoms with Crippen molar-refractivity contribution in [1.29, 1.82) is 0 Å². The van der Waals surface area contributed by atoms with E-state index in [4.69, 9.17) is 14.2 Å². The Kier molecular flexibility index (Phi) is 8.94. The first-order valence-corrected chi connectivity index (χ1v) is 11.7. The predicted molar refractivity (Wildman–Crippen MR) is 128 cm³/mol. The van der Waals surface area contributed by atoms with Gasteiger partial charge in [-0.3, -0.25) is 9.80 Å². The summed E-state index contributed by atoms with van der Waals surface area (Å²) in [6.45, 7) is 9.57. The molecule has 2 N–H and O–H groups in total. The number of nitrogens with zero attached hydrogens (tertiary/aromatic N) is 2. The minimum absolute atomic E-state index is 0.219. The Morgan fingerprint density at radius 2 is 1.64 bits per heavy atom. The number of morpholine rings is 2. The molecule has 8 heteroatoms. The number of hydrogen-bond acceptors (Lipinski definition) is 6. The van der Waals surface area contributed by atoms with Gasteiger partial charge in [0.1, 0.15) is 12.4 Å². The van der Waals surface area contributed by atoms with E-state index in [0.29, 0.717) is 13.2 Å². The normalized spacial score (nSPS) is 17.5. The number of anilines is 1. The summed E-state index contributed by atoms with van der Waals surface area (Å²) in [5, 5.41) is 5.95. The van der Waals surface area contributed by atoms with Crippen LogP contribution in [0.15, 0.2) is 48.5 Å². The number of carbonyl (C=O) groups is 1. The number of amides is 2. The molecule has 2 aliphatic rings. The lowest BCUT2D eigenvalue weighted by molar-refractivity contribution is 0.0322. The zero-order valence-electron chi connectivity index (χ0n) is 19.1. The van der Waals surface area contributed by atoms with Crippen LogP contribution in [-0.4, -0.2) is 81.6 Å². The molecule has 2 heterocycles. The van der Waals surface area contributed by atoms with Gasteiger partial charge < -0.3 is 24.8 Å². The van der Waals surface area contributed by atoms with Crippen LogP contribution < -0.4 is 15.4 Å². The van der Waals surface area contributed by atoms with Crippen LogP contribution >= 0.6 is 0 Å². The average molecular weight is 455 g/mol. The van der Waals surface area contributed by atoms with Gasteiger partial charge in [0.15, 0.2) is 0 Å². The maximum absolute atomic E-state index is 12.6. The van der Waals surface area contributed by atoms with E-state index in [9.17, 15) is 4.79 Å². The molecule has 0 unspecified atom stereocenters. The highest BCUT2D eigenvalue weighted by molar-refractivity contribution is 5.90. The zero-order valence-corrected chi connectivity index (χ0v) is 19.1. The van der Waals surface area contributed by atoms with Gasteiger partial charge in [-0.1, -0.05) is 30.3 Å². The molecule has 0 atom stereocenters. The third-order valence-electron chi connectivity index (χ3n) is 5.89. The summed E-state index contributed by atoms with van der Waals surface area (Å²) in [6.07, 6.45) is 0. The van der Waals surface area contributed by atoms with Crippen molar-refractivity contribution in [3.05, 3.63) is 59.7 Å². The van der Waals surface area contributed by atoms with Crippen LogP contribution in [0.1, 0.15) is 11.1 Å². The molecule has 0 aromatic heterocycles. The predicted octanol–water partition coefficient (Wildman–Crippen LogP) is 2.55. The standard InChI is InChI=1S/C25H34N4O4/c30-25(27-24-7-2-1-5-22(24)20-29-10-15-32-16-11-29)26-19-21-4-3-6-23(18-21)33-17-12-28-8-13-31-14-9-28/h1-7,18H,8-17,19-20H2,(H2,26,27,30). The number of carbonyl (C=O) groups excluding carboxylic acids is 1. The third-order valence-corrected chi connectivity index (χ3v) is 5.89. The number of hydrogen-bond donors (Lipinski definition) is 2. The summed E-state index contributed by atoms with van der Waals surface area (Å²) in [5.41, 5.74) is 2.93. The fraction of sp³-hybridized carbons (Fsp3) is 0.480. The first-order chi connectivity index (χ1) is 16.3. The number of rotatable bonds is 9. The van der Waals surface area contributed by atoms with Crippen molar-refractivity contribution in [3.8, 4) is 5.75 Å². The molecule has 2 aliphatic heterocycles. The van der Waals surface area contributed by atoms with E-state index in [1.165, 1.54) is 0 Å². The minimum atomic E-state index is -0.219. The highest BCUT2D eigenvalue weighted by atomic mass is 16.5. The molecule has 178 valence electrons. The van der Waals surface area contributed by atoms with Crippen LogP contribution in [-0.2, 0) is 22.6 Å². The Morgan fingerprint density at radius 1 is 0.909 bits per heavy atom. The first kappa shape index (κ1) is 23.5. The number of benzene rings is 2.